The normalized spacial score (nSPS) is 23.9. The molecule has 0 unspecified atom stereocenters. The van der Waals surface area contributed by atoms with Crippen molar-refractivity contribution in [3.63, 3.8) is 0 Å². The molecule has 0 aliphatic heterocycles. The maximum atomic E-state index is 12.1. The van der Waals surface area contributed by atoms with E-state index in [0.717, 1.165) is 0 Å². The Labute approximate surface area is 101 Å². The van der Waals surface area contributed by atoms with Gasteiger partial charge >= 0.3 is 18.1 Å². The van der Waals surface area contributed by atoms with Gasteiger partial charge in [-0.05, 0) is 19.3 Å². The number of nitrogens with one attached hydrogen (secondary N) is 1. The Balaban J connectivity index is 2.40. The zero-order valence-electron chi connectivity index (χ0n) is 9.50. The van der Waals surface area contributed by atoms with Crippen molar-refractivity contribution >= 4 is 11.9 Å². The largest absolute Gasteiger partial charge is 0.481 e. The molecule has 1 aliphatic rings. The molecule has 1 fully saturated rings. The van der Waals surface area contributed by atoms with Gasteiger partial charge in [0.25, 0.3) is 0 Å². The van der Waals surface area contributed by atoms with E-state index in [4.69, 9.17) is 9.84 Å². The molecule has 0 aromatic carbocycles. The molecule has 0 spiro atoms. The SMILES string of the molecule is O=C(O)CCO[C@@H]1CCC[C@H]1NC(=O)C(F)(F)F. The first-order chi connectivity index (χ1) is 8.30. The van der Waals surface area contributed by atoms with Gasteiger partial charge in [0.1, 0.15) is 0 Å². The Hall–Kier alpha value is -1.31. The average Bonchev–Trinajstić information content (AvgIpc) is 2.64. The lowest BCUT2D eigenvalue weighted by molar-refractivity contribution is -0.175. The number of carboxylic acids is 1. The minimum Gasteiger partial charge on any atom is -0.481 e. The van der Waals surface area contributed by atoms with Gasteiger partial charge in [-0.2, -0.15) is 13.2 Å². The van der Waals surface area contributed by atoms with Crippen LogP contribution < -0.4 is 5.32 Å². The summed E-state index contributed by atoms with van der Waals surface area (Å²) in [6.07, 6.45) is -4.11. The van der Waals surface area contributed by atoms with Gasteiger partial charge in [0.05, 0.1) is 25.2 Å². The van der Waals surface area contributed by atoms with Crippen molar-refractivity contribution in [2.24, 2.45) is 0 Å². The lowest BCUT2D eigenvalue weighted by Gasteiger charge is -2.21. The first-order valence-electron chi connectivity index (χ1n) is 5.52. The fraction of sp³-hybridized carbons (Fsp3) is 0.800. The molecule has 1 aliphatic carbocycles. The van der Waals surface area contributed by atoms with Gasteiger partial charge in [0, 0.05) is 0 Å². The number of carbonyl (C=O) groups is 2. The van der Waals surface area contributed by atoms with Gasteiger partial charge in [-0.15, -0.1) is 0 Å². The number of rotatable bonds is 5. The molecule has 0 bridgehead atoms. The number of hydrogen-bond donors (Lipinski definition) is 2. The van der Waals surface area contributed by atoms with Gasteiger partial charge in [-0.1, -0.05) is 0 Å². The van der Waals surface area contributed by atoms with Crippen LogP contribution in [-0.2, 0) is 14.3 Å². The molecule has 0 heterocycles. The van der Waals surface area contributed by atoms with Crippen LogP contribution in [0.15, 0.2) is 0 Å². The first-order valence-corrected chi connectivity index (χ1v) is 5.52. The number of ether oxygens (including phenoxy) is 1. The fourth-order valence-electron chi connectivity index (χ4n) is 1.84. The number of aliphatic carboxylic acids is 1. The molecule has 0 radical (unpaired) electrons. The Morgan fingerprint density at radius 1 is 1.33 bits per heavy atom. The number of carboxylic acid groups (broad SMARTS) is 1. The number of halogens is 3. The minimum atomic E-state index is -4.91. The van der Waals surface area contributed by atoms with Crippen molar-refractivity contribution < 1.29 is 32.6 Å². The summed E-state index contributed by atoms with van der Waals surface area (Å²) in [6, 6.07) is -0.701. The van der Waals surface area contributed by atoms with Crippen LogP contribution in [0.1, 0.15) is 25.7 Å². The maximum Gasteiger partial charge on any atom is 0.471 e. The van der Waals surface area contributed by atoms with E-state index < -0.39 is 30.2 Å². The molecule has 1 saturated carbocycles. The highest BCUT2D eigenvalue weighted by atomic mass is 19.4. The molecule has 0 aromatic rings. The summed E-state index contributed by atoms with van der Waals surface area (Å²) in [4.78, 5) is 21.0. The Morgan fingerprint density at radius 3 is 2.56 bits per heavy atom. The number of carbonyl (C=O) groups excluding carboxylic acids is 1. The van der Waals surface area contributed by atoms with Gasteiger partial charge in [0.15, 0.2) is 0 Å². The molecular weight excluding hydrogens is 255 g/mol. The predicted molar refractivity (Wildman–Crippen MR) is 53.8 cm³/mol. The summed E-state index contributed by atoms with van der Waals surface area (Å²) >= 11 is 0. The lowest BCUT2D eigenvalue weighted by atomic mass is 10.2. The zero-order valence-corrected chi connectivity index (χ0v) is 9.50. The van der Waals surface area contributed by atoms with Gasteiger partial charge in [-0.25, -0.2) is 0 Å². The third-order valence-corrected chi connectivity index (χ3v) is 2.67. The molecule has 2 N–H and O–H groups in total. The molecule has 8 heteroatoms. The maximum absolute atomic E-state index is 12.1. The second kappa shape index (κ2) is 6.03. The van der Waals surface area contributed by atoms with E-state index in [1.54, 1.807) is 0 Å². The molecule has 5 nitrogen and oxygen atoms in total. The van der Waals surface area contributed by atoms with Crippen molar-refractivity contribution in [2.45, 2.75) is 44.0 Å². The van der Waals surface area contributed by atoms with Crippen LogP contribution >= 0.6 is 0 Å². The van der Waals surface area contributed by atoms with Crippen LogP contribution in [-0.4, -0.2) is 41.9 Å². The summed E-state index contributed by atoms with van der Waals surface area (Å²) in [5.74, 6) is -3.02. The van der Waals surface area contributed by atoms with Crippen LogP contribution in [0.2, 0.25) is 0 Å². The minimum absolute atomic E-state index is 0.0710. The second-order valence-corrected chi connectivity index (χ2v) is 4.06. The summed E-state index contributed by atoms with van der Waals surface area (Å²) in [5.41, 5.74) is 0. The standard InChI is InChI=1S/C10H14F3NO4/c11-10(12,13)9(17)14-6-2-1-3-7(6)18-5-4-8(15)16/h6-7H,1-5H2,(H,14,17)(H,15,16)/t6-,7-/m1/s1. The quantitative estimate of drug-likeness (QED) is 0.783. The second-order valence-electron chi connectivity index (χ2n) is 4.06. The van der Waals surface area contributed by atoms with E-state index in [-0.39, 0.29) is 13.0 Å². The topological polar surface area (TPSA) is 75.6 Å². The van der Waals surface area contributed by atoms with Crippen molar-refractivity contribution in [3.8, 4) is 0 Å². The molecule has 104 valence electrons. The van der Waals surface area contributed by atoms with E-state index in [9.17, 15) is 22.8 Å². The smallest absolute Gasteiger partial charge is 0.471 e. The lowest BCUT2D eigenvalue weighted by Crippen LogP contribution is -2.47. The highest BCUT2D eigenvalue weighted by Crippen LogP contribution is 2.24. The highest BCUT2D eigenvalue weighted by molar-refractivity contribution is 5.82. The fourth-order valence-corrected chi connectivity index (χ4v) is 1.84. The Bertz CT molecular complexity index is 319. The van der Waals surface area contributed by atoms with Crippen molar-refractivity contribution in [1.82, 2.24) is 5.32 Å². The Kier molecular flexibility index (Phi) is 4.94. The monoisotopic (exact) mass is 269 g/mol. The summed E-state index contributed by atoms with van der Waals surface area (Å²) in [5, 5.41) is 10.3. The third-order valence-electron chi connectivity index (χ3n) is 2.67. The van der Waals surface area contributed by atoms with E-state index in [1.165, 1.54) is 0 Å². The number of amides is 1. The van der Waals surface area contributed by atoms with Crippen LogP contribution in [0.3, 0.4) is 0 Å². The Morgan fingerprint density at radius 2 is 2.00 bits per heavy atom. The first kappa shape index (κ1) is 14.7. The van der Waals surface area contributed by atoms with Crippen molar-refractivity contribution in [1.29, 1.82) is 0 Å². The number of alkyl halides is 3. The molecule has 0 saturated heterocycles. The number of hydrogen-bond acceptors (Lipinski definition) is 3. The summed E-state index contributed by atoms with van der Waals surface area (Å²) in [7, 11) is 0. The highest BCUT2D eigenvalue weighted by Gasteiger charge is 2.41. The summed E-state index contributed by atoms with van der Waals surface area (Å²) in [6.45, 7) is -0.0710. The van der Waals surface area contributed by atoms with Gasteiger partial charge in [0.2, 0.25) is 0 Å². The molecule has 0 aromatic heterocycles. The van der Waals surface area contributed by atoms with Gasteiger partial charge in [-0.3, -0.25) is 9.59 Å². The van der Waals surface area contributed by atoms with Crippen molar-refractivity contribution in [3.05, 3.63) is 0 Å². The summed E-state index contributed by atoms with van der Waals surface area (Å²) < 4.78 is 41.3. The van der Waals surface area contributed by atoms with Crippen LogP contribution in [0.4, 0.5) is 13.2 Å². The molecule has 18 heavy (non-hydrogen) atoms. The molecule has 1 rings (SSSR count). The van der Waals surface area contributed by atoms with Crippen LogP contribution in [0, 0.1) is 0 Å². The van der Waals surface area contributed by atoms with E-state index in [2.05, 4.69) is 0 Å². The van der Waals surface area contributed by atoms with E-state index in [1.807, 2.05) is 5.32 Å². The van der Waals surface area contributed by atoms with E-state index >= 15 is 0 Å². The third kappa shape index (κ3) is 4.52. The van der Waals surface area contributed by atoms with Gasteiger partial charge < -0.3 is 15.2 Å². The van der Waals surface area contributed by atoms with E-state index in [0.29, 0.717) is 19.3 Å². The molecule has 2 atom stereocenters. The van der Waals surface area contributed by atoms with Crippen molar-refractivity contribution in [2.75, 3.05) is 6.61 Å². The predicted octanol–water partition coefficient (Wildman–Crippen LogP) is 1.08. The average molecular weight is 269 g/mol. The molecule has 1 amide bonds. The zero-order chi connectivity index (χ0) is 13.8. The molecular formula is C10H14F3NO4. The van der Waals surface area contributed by atoms with Crippen LogP contribution in [0.25, 0.3) is 0 Å². The van der Waals surface area contributed by atoms with Crippen LogP contribution in [0.5, 0.6) is 0 Å².